The van der Waals surface area contributed by atoms with Gasteiger partial charge in [0.15, 0.2) is 5.78 Å². The van der Waals surface area contributed by atoms with Gasteiger partial charge in [-0.2, -0.15) is 0 Å². The minimum Gasteiger partial charge on any atom is -0.328 e. The third kappa shape index (κ3) is 2.58. The molecule has 0 saturated carbocycles. The fraction of sp³-hybridized carbons (Fsp3) is 0.833. The standard InChI is InChI=1S/C6H14N2O/c1-4(2)6(9)5(8)3-7/h4-5H,3,7-8H2,1-2H3. The van der Waals surface area contributed by atoms with E-state index in [2.05, 4.69) is 0 Å². The first kappa shape index (κ1) is 8.59. The molecule has 0 rings (SSSR count). The van der Waals surface area contributed by atoms with Crippen LogP contribution in [0.25, 0.3) is 0 Å². The highest BCUT2D eigenvalue weighted by molar-refractivity contribution is 5.85. The molecule has 0 aromatic heterocycles. The van der Waals surface area contributed by atoms with Gasteiger partial charge in [-0.1, -0.05) is 13.8 Å². The monoisotopic (exact) mass is 130 g/mol. The molecule has 54 valence electrons. The van der Waals surface area contributed by atoms with Crippen LogP contribution in [0.3, 0.4) is 0 Å². The molecule has 0 aromatic carbocycles. The Morgan fingerprint density at radius 1 is 1.56 bits per heavy atom. The molecule has 3 nitrogen and oxygen atoms in total. The first-order valence-corrected chi connectivity index (χ1v) is 3.09. The molecule has 0 fully saturated rings. The Bertz CT molecular complexity index is 101. The van der Waals surface area contributed by atoms with Crippen LogP contribution < -0.4 is 11.5 Å². The van der Waals surface area contributed by atoms with E-state index >= 15 is 0 Å². The highest BCUT2D eigenvalue weighted by Crippen LogP contribution is 1.95. The summed E-state index contributed by atoms with van der Waals surface area (Å²) in [7, 11) is 0. The smallest absolute Gasteiger partial charge is 0.153 e. The van der Waals surface area contributed by atoms with Gasteiger partial charge in [0.1, 0.15) is 0 Å². The molecule has 0 aliphatic heterocycles. The molecule has 1 atom stereocenters. The zero-order valence-electron chi connectivity index (χ0n) is 5.92. The quantitative estimate of drug-likeness (QED) is 0.541. The Labute approximate surface area is 55.4 Å². The van der Waals surface area contributed by atoms with Crippen molar-refractivity contribution in [3.05, 3.63) is 0 Å². The van der Waals surface area contributed by atoms with Gasteiger partial charge in [-0.15, -0.1) is 0 Å². The molecule has 0 radical (unpaired) electrons. The number of rotatable bonds is 3. The third-order valence-corrected chi connectivity index (χ3v) is 1.19. The predicted molar refractivity (Wildman–Crippen MR) is 36.9 cm³/mol. The maximum absolute atomic E-state index is 10.9. The van der Waals surface area contributed by atoms with E-state index in [9.17, 15) is 4.79 Å². The number of carbonyl (C=O) groups excluding carboxylic acids is 1. The topological polar surface area (TPSA) is 69.1 Å². The second-order valence-corrected chi connectivity index (χ2v) is 2.40. The largest absolute Gasteiger partial charge is 0.328 e. The van der Waals surface area contributed by atoms with Crippen molar-refractivity contribution in [3.8, 4) is 0 Å². The lowest BCUT2D eigenvalue weighted by Crippen LogP contribution is -2.40. The Morgan fingerprint density at radius 3 is 2.11 bits per heavy atom. The summed E-state index contributed by atoms with van der Waals surface area (Å²) in [6, 6.07) is -0.468. The van der Waals surface area contributed by atoms with Crippen molar-refractivity contribution in [1.82, 2.24) is 0 Å². The van der Waals surface area contributed by atoms with Gasteiger partial charge in [0, 0.05) is 12.5 Å². The average molecular weight is 130 g/mol. The third-order valence-electron chi connectivity index (χ3n) is 1.19. The molecule has 0 aliphatic rings. The fourth-order valence-electron chi connectivity index (χ4n) is 0.544. The minimum atomic E-state index is -0.468. The van der Waals surface area contributed by atoms with E-state index in [-0.39, 0.29) is 18.2 Å². The number of nitrogens with two attached hydrogens (primary N) is 2. The van der Waals surface area contributed by atoms with Crippen LogP contribution in [0.1, 0.15) is 13.8 Å². The van der Waals surface area contributed by atoms with E-state index < -0.39 is 6.04 Å². The lowest BCUT2D eigenvalue weighted by molar-refractivity contribution is -0.122. The van der Waals surface area contributed by atoms with Gasteiger partial charge < -0.3 is 11.5 Å². The van der Waals surface area contributed by atoms with Crippen molar-refractivity contribution in [1.29, 1.82) is 0 Å². The summed E-state index contributed by atoms with van der Waals surface area (Å²) >= 11 is 0. The lowest BCUT2D eigenvalue weighted by Gasteiger charge is -2.08. The van der Waals surface area contributed by atoms with Crippen LogP contribution in [0.4, 0.5) is 0 Å². The number of carbonyl (C=O) groups is 1. The molecule has 4 N–H and O–H groups in total. The highest BCUT2D eigenvalue weighted by atomic mass is 16.1. The van der Waals surface area contributed by atoms with E-state index in [4.69, 9.17) is 11.5 Å². The summed E-state index contributed by atoms with van der Waals surface area (Å²) in [5, 5.41) is 0. The van der Waals surface area contributed by atoms with Gasteiger partial charge in [0.25, 0.3) is 0 Å². The van der Waals surface area contributed by atoms with Crippen molar-refractivity contribution in [2.75, 3.05) is 6.54 Å². The summed E-state index contributed by atoms with van der Waals surface area (Å²) in [6.45, 7) is 3.88. The lowest BCUT2D eigenvalue weighted by atomic mass is 10.0. The Kier molecular flexibility index (Phi) is 3.42. The second kappa shape index (κ2) is 3.58. The van der Waals surface area contributed by atoms with Crippen LogP contribution >= 0.6 is 0 Å². The van der Waals surface area contributed by atoms with Gasteiger partial charge in [-0.25, -0.2) is 0 Å². The summed E-state index contributed by atoms with van der Waals surface area (Å²) in [5.74, 6) is 0.0426. The molecular formula is C6H14N2O. The van der Waals surface area contributed by atoms with E-state index in [0.29, 0.717) is 0 Å². The van der Waals surface area contributed by atoms with Gasteiger partial charge in [-0.05, 0) is 0 Å². The molecule has 3 heteroatoms. The fourth-order valence-corrected chi connectivity index (χ4v) is 0.544. The Hall–Kier alpha value is -0.410. The number of hydrogen-bond acceptors (Lipinski definition) is 3. The summed E-state index contributed by atoms with van der Waals surface area (Å²) in [4.78, 5) is 10.9. The Balaban J connectivity index is 3.73. The zero-order chi connectivity index (χ0) is 7.44. The highest BCUT2D eigenvalue weighted by Gasteiger charge is 2.14. The van der Waals surface area contributed by atoms with Crippen LogP contribution in [-0.2, 0) is 4.79 Å². The van der Waals surface area contributed by atoms with E-state index in [0.717, 1.165) is 0 Å². The van der Waals surface area contributed by atoms with Crippen LogP contribution in [0, 0.1) is 5.92 Å². The molecule has 0 spiro atoms. The summed E-state index contributed by atoms with van der Waals surface area (Å²) in [6.07, 6.45) is 0. The molecule has 9 heavy (non-hydrogen) atoms. The van der Waals surface area contributed by atoms with E-state index in [1.807, 2.05) is 13.8 Å². The average Bonchev–Trinajstić information content (AvgIpc) is 1.84. The minimum absolute atomic E-state index is 0.00329. The predicted octanol–water partition coefficient (Wildman–Crippen LogP) is -0.502. The number of ketones is 1. The maximum atomic E-state index is 10.9. The van der Waals surface area contributed by atoms with Crippen molar-refractivity contribution in [3.63, 3.8) is 0 Å². The van der Waals surface area contributed by atoms with Crippen molar-refractivity contribution < 1.29 is 4.79 Å². The van der Waals surface area contributed by atoms with E-state index in [1.54, 1.807) is 0 Å². The van der Waals surface area contributed by atoms with Crippen LogP contribution in [0.15, 0.2) is 0 Å². The maximum Gasteiger partial charge on any atom is 0.153 e. The molecule has 0 aromatic rings. The van der Waals surface area contributed by atoms with Gasteiger partial charge >= 0.3 is 0 Å². The normalized spacial score (nSPS) is 13.9. The molecular weight excluding hydrogens is 116 g/mol. The van der Waals surface area contributed by atoms with Crippen LogP contribution in [0.2, 0.25) is 0 Å². The van der Waals surface area contributed by atoms with Crippen LogP contribution in [-0.4, -0.2) is 18.4 Å². The number of hydrogen-bond donors (Lipinski definition) is 2. The van der Waals surface area contributed by atoms with Crippen molar-refractivity contribution in [2.24, 2.45) is 17.4 Å². The molecule has 0 aliphatic carbocycles. The van der Waals surface area contributed by atoms with Gasteiger partial charge in [-0.3, -0.25) is 4.79 Å². The molecule has 0 bridgehead atoms. The SMILES string of the molecule is CC(C)C(=O)C(N)CN. The molecule has 1 unspecified atom stereocenters. The van der Waals surface area contributed by atoms with Crippen LogP contribution in [0.5, 0.6) is 0 Å². The van der Waals surface area contributed by atoms with Gasteiger partial charge in [0.05, 0.1) is 6.04 Å². The van der Waals surface area contributed by atoms with E-state index in [1.165, 1.54) is 0 Å². The first-order chi connectivity index (χ1) is 4.09. The second-order valence-electron chi connectivity index (χ2n) is 2.40. The van der Waals surface area contributed by atoms with Crippen molar-refractivity contribution >= 4 is 5.78 Å². The molecule has 0 saturated heterocycles. The first-order valence-electron chi connectivity index (χ1n) is 3.09. The molecule has 0 heterocycles. The van der Waals surface area contributed by atoms with Gasteiger partial charge in [0.2, 0.25) is 0 Å². The Morgan fingerprint density at radius 2 is 2.00 bits per heavy atom. The summed E-state index contributed by atoms with van der Waals surface area (Å²) in [5.41, 5.74) is 10.5. The van der Waals surface area contributed by atoms with Crippen molar-refractivity contribution in [2.45, 2.75) is 19.9 Å². The molecule has 0 amide bonds. The summed E-state index contributed by atoms with van der Waals surface area (Å²) < 4.78 is 0. The zero-order valence-corrected chi connectivity index (χ0v) is 5.92. The number of Topliss-reactive ketones (excluding diaryl/α,β-unsaturated/α-hetero) is 1.